The van der Waals surface area contributed by atoms with E-state index in [1.165, 1.54) is 10.7 Å². The molecule has 0 aromatic carbocycles. The molecule has 0 atom stereocenters. The highest BCUT2D eigenvalue weighted by Gasteiger charge is 2.37. The summed E-state index contributed by atoms with van der Waals surface area (Å²) in [4.78, 5) is 22.0. The van der Waals surface area contributed by atoms with Crippen LogP contribution in [-0.2, 0) is 19.0 Å². The zero-order valence-corrected chi connectivity index (χ0v) is 15.4. The number of fused-ring (bicyclic) bond motifs is 2. The Kier molecular flexibility index (Phi) is 4.07. The molecule has 29 heavy (non-hydrogen) atoms. The van der Waals surface area contributed by atoms with Crippen LogP contribution in [0.25, 0.3) is 5.78 Å². The lowest BCUT2D eigenvalue weighted by Gasteiger charge is -2.31. The summed E-state index contributed by atoms with van der Waals surface area (Å²) in [6.07, 6.45) is 0.896. The summed E-state index contributed by atoms with van der Waals surface area (Å²) in [5.41, 5.74) is 3.21. The van der Waals surface area contributed by atoms with Gasteiger partial charge in [0, 0.05) is 36.5 Å². The predicted molar refractivity (Wildman–Crippen MR) is 94.3 cm³/mol. The number of halogens is 3. The fraction of sp³-hybridized carbons (Fsp3) is 0.500. The van der Waals surface area contributed by atoms with Crippen LogP contribution in [0, 0.1) is 0 Å². The number of hydrogen-bond donors (Lipinski definition) is 1. The summed E-state index contributed by atoms with van der Waals surface area (Å²) in [6, 6.07) is 1.67. The van der Waals surface area contributed by atoms with Crippen LogP contribution >= 0.6 is 0 Å². The standard InChI is InChI=1S/C18H18F3N7O/c19-18(20,21)16-23-17-22-7-4-13(28(17)26-16)10-5-8-27(9-6-10)15(29)14-11-2-1-3-12(11)24-25-14/h4,7,10H,1-3,5-6,8-9H2,(H,24,25). The maximum absolute atomic E-state index is 13.0. The zero-order valence-electron chi connectivity index (χ0n) is 15.4. The number of nitrogens with one attached hydrogen (secondary N) is 1. The molecular formula is C18H18F3N7O. The van der Waals surface area contributed by atoms with Crippen molar-refractivity contribution in [2.45, 2.75) is 44.2 Å². The number of alkyl halides is 3. The lowest BCUT2D eigenvalue weighted by molar-refractivity contribution is -0.144. The number of carbonyl (C=O) groups excluding carboxylic acids is 1. The number of piperidine rings is 1. The van der Waals surface area contributed by atoms with E-state index >= 15 is 0 Å². The number of rotatable bonds is 2. The van der Waals surface area contributed by atoms with Gasteiger partial charge < -0.3 is 4.90 Å². The normalized spacial score (nSPS) is 17.8. The molecule has 1 amide bonds. The van der Waals surface area contributed by atoms with Gasteiger partial charge in [-0.15, -0.1) is 5.10 Å². The van der Waals surface area contributed by atoms with Gasteiger partial charge in [-0.2, -0.15) is 23.3 Å². The summed E-state index contributed by atoms with van der Waals surface area (Å²) < 4.78 is 40.0. The Hall–Kier alpha value is -2.98. The summed E-state index contributed by atoms with van der Waals surface area (Å²) in [5, 5.41) is 10.8. The van der Waals surface area contributed by atoms with Crippen molar-refractivity contribution < 1.29 is 18.0 Å². The topological polar surface area (TPSA) is 92.1 Å². The second kappa shape index (κ2) is 6.53. The molecule has 1 aliphatic carbocycles. The molecule has 4 heterocycles. The molecule has 0 saturated carbocycles. The first-order chi connectivity index (χ1) is 13.9. The van der Waals surface area contributed by atoms with E-state index < -0.39 is 12.0 Å². The van der Waals surface area contributed by atoms with Gasteiger partial charge in [0.15, 0.2) is 5.69 Å². The fourth-order valence-electron chi connectivity index (χ4n) is 4.26. The number of hydrogen-bond acceptors (Lipinski definition) is 5. The maximum atomic E-state index is 13.0. The van der Waals surface area contributed by atoms with Gasteiger partial charge in [0.05, 0.1) is 5.69 Å². The molecule has 3 aromatic heterocycles. The third kappa shape index (κ3) is 3.04. The molecule has 11 heteroatoms. The zero-order chi connectivity index (χ0) is 20.2. The number of amides is 1. The van der Waals surface area contributed by atoms with Crippen molar-refractivity contribution in [3.63, 3.8) is 0 Å². The van der Waals surface area contributed by atoms with Crippen LogP contribution in [-0.4, -0.2) is 53.7 Å². The van der Waals surface area contributed by atoms with E-state index in [0.717, 1.165) is 30.5 Å². The molecular weight excluding hydrogens is 387 g/mol. The van der Waals surface area contributed by atoms with Crippen molar-refractivity contribution >= 4 is 11.7 Å². The van der Waals surface area contributed by atoms with Crippen molar-refractivity contribution in [3.05, 3.63) is 40.7 Å². The van der Waals surface area contributed by atoms with Crippen LogP contribution in [0.15, 0.2) is 12.3 Å². The lowest BCUT2D eigenvalue weighted by atomic mass is 9.93. The molecule has 1 saturated heterocycles. The largest absolute Gasteiger partial charge is 0.453 e. The minimum Gasteiger partial charge on any atom is -0.337 e. The molecule has 1 aliphatic heterocycles. The molecule has 152 valence electrons. The highest BCUT2D eigenvalue weighted by Crippen LogP contribution is 2.31. The fourth-order valence-corrected chi connectivity index (χ4v) is 4.26. The third-order valence-electron chi connectivity index (χ3n) is 5.73. The Morgan fingerprint density at radius 2 is 2.00 bits per heavy atom. The predicted octanol–water partition coefficient (Wildman–Crippen LogP) is 2.37. The first kappa shape index (κ1) is 18.1. The van der Waals surface area contributed by atoms with Crippen molar-refractivity contribution in [1.29, 1.82) is 0 Å². The van der Waals surface area contributed by atoms with Crippen LogP contribution in [0.3, 0.4) is 0 Å². The van der Waals surface area contributed by atoms with Crippen LogP contribution in [0.4, 0.5) is 13.2 Å². The number of aryl methyl sites for hydroxylation is 1. The van der Waals surface area contributed by atoms with Crippen molar-refractivity contribution in [1.82, 2.24) is 34.7 Å². The molecule has 0 bridgehead atoms. The molecule has 8 nitrogen and oxygen atoms in total. The van der Waals surface area contributed by atoms with E-state index in [2.05, 4.69) is 25.3 Å². The first-order valence-electron chi connectivity index (χ1n) is 9.56. The van der Waals surface area contributed by atoms with E-state index in [9.17, 15) is 18.0 Å². The molecule has 1 fully saturated rings. The molecule has 3 aromatic rings. The first-order valence-corrected chi connectivity index (χ1v) is 9.56. The van der Waals surface area contributed by atoms with E-state index in [4.69, 9.17) is 0 Å². The Labute approximate surface area is 163 Å². The minimum absolute atomic E-state index is 0.0303. The van der Waals surface area contributed by atoms with Crippen LogP contribution in [0.2, 0.25) is 0 Å². The van der Waals surface area contributed by atoms with Crippen molar-refractivity contribution in [2.24, 2.45) is 0 Å². The quantitative estimate of drug-likeness (QED) is 0.707. The Morgan fingerprint density at radius 1 is 1.21 bits per heavy atom. The van der Waals surface area contributed by atoms with Crippen molar-refractivity contribution in [2.75, 3.05) is 13.1 Å². The molecule has 0 spiro atoms. The highest BCUT2D eigenvalue weighted by atomic mass is 19.4. The summed E-state index contributed by atoms with van der Waals surface area (Å²) in [7, 11) is 0. The molecule has 0 unspecified atom stereocenters. The van der Waals surface area contributed by atoms with Gasteiger partial charge in [-0.3, -0.25) is 9.89 Å². The average Bonchev–Trinajstić information content (AvgIpc) is 3.41. The Bertz CT molecular complexity index is 1080. The number of nitrogens with zero attached hydrogens (tertiary/aromatic N) is 6. The second-order valence-electron chi connectivity index (χ2n) is 7.46. The van der Waals surface area contributed by atoms with Gasteiger partial charge >= 0.3 is 6.18 Å². The smallest absolute Gasteiger partial charge is 0.337 e. The second-order valence-corrected chi connectivity index (χ2v) is 7.46. The van der Waals surface area contributed by atoms with Crippen LogP contribution in [0.5, 0.6) is 0 Å². The summed E-state index contributed by atoms with van der Waals surface area (Å²) >= 11 is 0. The Morgan fingerprint density at radius 3 is 2.76 bits per heavy atom. The van der Waals surface area contributed by atoms with Gasteiger partial charge in [0.1, 0.15) is 0 Å². The van der Waals surface area contributed by atoms with Gasteiger partial charge in [-0.25, -0.2) is 9.50 Å². The van der Waals surface area contributed by atoms with E-state index in [1.54, 1.807) is 11.0 Å². The number of H-pyrrole nitrogens is 1. The SMILES string of the molecule is O=C(c1n[nH]c2c1CCC2)N1CCC(c2ccnc3nc(C(F)(F)F)nn23)CC1. The van der Waals surface area contributed by atoms with Crippen molar-refractivity contribution in [3.8, 4) is 0 Å². The molecule has 1 N–H and O–H groups in total. The highest BCUT2D eigenvalue weighted by molar-refractivity contribution is 5.94. The minimum atomic E-state index is -4.62. The van der Waals surface area contributed by atoms with Gasteiger partial charge in [0.2, 0.25) is 0 Å². The maximum Gasteiger partial charge on any atom is 0.453 e. The van der Waals surface area contributed by atoms with Gasteiger partial charge in [-0.05, 0) is 38.2 Å². The molecule has 0 radical (unpaired) electrons. The summed E-state index contributed by atoms with van der Waals surface area (Å²) in [5.74, 6) is -1.38. The van der Waals surface area contributed by atoms with E-state index in [0.29, 0.717) is 37.3 Å². The van der Waals surface area contributed by atoms with Gasteiger partial charge in [0.25, 0.3) is 17.5 Å². The van der Waals surface area contributed by atoms with Crippen LogP contribution < -0.4 is 0 Å². The number of aromatic nitrogens is 6. The number of carbonyl (C=O) groups is 1. The monoisotopic (exact) mass is 405 g/mol. The third-order valence-corrected chi connectivity index (χ3v) is 5.73. The van der Waals surface area contributed by atoms with E-state index in [1.807, 2.05) is 0 Å². The van der Waals surface area contributed by atoms with Gasteiger partial charge in [-0.1, -0.05) is 0 Å². The Balaban J connectivity index is 1.34. The van der Waals surface area contributed by atoms with E-state index in [-0.39, 0.29) is 17.6 Å². The number of aromatic amines is 1. The molecule has 5 rings (SSSR count). The summed E-state index contributed by atoms with van der Waals surface area (Å²) in [6.45, 7) is 1.02. The average molecular weight is 405 g/mol. The number of likely N-dealkylation sites (tertiary alicyclic amines) is 1. The van der Waals surface area contributed by atoms with Crippen LogP contribution in [0.1, 0.15) is 58.4 Å². The molecule has 2 aliphatic rings. The lowest BCUT2D eigenvalue weighted by Crippen LogP contribution is -2.38.